The molecule has 0 radical (unpaired) electrons. The van der Waals surface area contributed by atoms with Crippen LogP contribution in [0.25, 0.3) is 16.7 Å². The first-order valence-electron chi connectivity index (χ1n) is 9.50. The molecule has 10 heteroatoms. The molecule has 2 aromatic heterocycles. The molecule has 1 amide bonds. The fraction of sp³-hybridized carbons (Fsp3) is 0.136. The van der Waals surface area contributed by atoms with E-state index in [0.717, 1.165) is 29.6 Å². The normalized spacial score (nSPS) is 11.6. The van der Waals surface area contributed by atoms with Gasteiger partial charge >= 0.3 is 6.18 Å². The number of hydrogen-bond donors (Lipinski definition) is 2. The lowest BCUT2D eigenvalue weighted by Crippen LogP contribution is -2.23. The van der Waals surface area contributed by atoms with Gasteiger partial charge in [0.05, 0.1) is 22.5 Å². The van der Waals surface area contributed by atoms with Gasteiger partial charge in [0, 0.05) is 11.4 Å². The highest BCUT2D eigenvalue weighted by Crippen LogP contribution is 2.30. The molecule has 0 saturated heterocycles. The zero-order valence-electron chi connectivity index (χ0n) is 16.7. The van der Waals surface area contributed by atoms with Crippen LogP contribution in [-0.2, 0) is 11.0 Å². The lowest BCUT2D eigenvalue weighted by molar-refractivity contribution is -0.137. The number of aromatic amines is 1. The van der Waals surface area contributed by atoms with E-state index < -0.39 is 17.6 Å². The van der Waals surface area contributed by atoms with Crippen molar-refractivity contribution in [2.24, 2.45) is 0 Å². The number of carbonyl (C=O) groups is 1. The highest BCUT2D eigenvalue weighted by Gasteiger charge is 2.30. The number of H-pyrrole nitrogens is 1. The van der Waals surface area contributed by atoms with Gasteiger partial charge in [-0.25, -0.2) is 4.98 Å². The number of hydrogen-bond acceptors (Lipinski definition) is 4. The SMILES string of the molecule is Cc1cc2nc(SCC(=O)Nc3ccc(C(F)(F)F)cc3)n(-c3ccccc3)c(=O)c2[nH]1. The first-order valence-corrected chi connectivity index (χ1v) is 10.5. The molecular weight excluding hydrogens is 441 g/mol. The minimum Gasteiger partial charge on any atom is -0.353 e. The van der Waals surface area contributed by atoms with Gasteiger partial charge in [0.15, 0.2) is 5.16 Å². The average Bonchev–Trinajstić information content (AvgIpc) is 3.13. The maximum absolute atomic E-state index is 13.1. The number of rotatable bonds is 5. The van der Waals surface area contributed by atoms with Crippen LogP contribution in [0.1, 0.15) is 11.3 Å². The van der Waals surface area contributed by atoms with Crippen LogP contribution in [0.5, 0.6) is 0 Å². The summed E-state index contributed by atoms with van der Waals surface area (Å²) in [5, 5.41) is 2.89. The Labute approximate surface area is 184 Å². The number of amides is 1. The van der Waals surface area contributed by atoms with E-state index in [-0.39, 0.29) is 17.0 Å². The predicted octanol–water partition coefficient (Wildman–Crippen LogP) is 4.77. The standard InChI is InChI=1S/C22H17F3N4O2S/c1-13-11-17-19(26-13)20(31)29(16-5-3-2-4-6-16)21(28-17)32-12-18(30)27-15-9-7-14(8-10-15)22(23,24)25/h2-11,26H,12H2,1H3,(H,27,30). The van der Waals surface area contributed by atoms with Crippen molar-refractivity contribution in [1.29, 1.82) is 0 Å². The number of para-hydroxylation sites is 1. The highest BCUT2D eigenvalue weighted by molar-refractivity contribution is 7.99. The van der Waals surface area contributed by atoms with Gasteiger partial charge in [0.2, 0.25) is 5.91 Å². The van der Waals surface area contributed by atoms with Gasteiger partial charge in [-0.1, -0.05) is 30.0 Å². The molecule has 0 fully saturated rings. The lowest BCUT2D eigenvalue weighted by Gasteiger charge is -2.12. The number of nitrogens with one attached hydrogen (secondary N) is 2. The van der Waals surface area contributed by atoms with Gasteiger partial charge in [-0.05, 0) is 49.4 Å². The van der Waals surface area contributed by atoms with Crippen LogP contribution in [0.4, 0.5) is 18.9 Å². The average molecular weight is 458 g/mol. The molecule has 2 heterocycles. The largest absolute Gasteiger partial charge is 0.416 e. The smallest absolute Gasteiger partial charge is 0.353 e. The summed E-state index contributed by atoms with van der Waals surface area (Å²) in [6.45, 7) is 1.82. The second kappa shape index (κ2) is 8.54. The molecule has 0 aliphatic heterocycles. The third-order valence-corrected chi connectivity index (χ3v) is 5.54. The topological polar surface area (TPSA) is 79.8 Å². The Bertz CT molecular complexity index is 1330. The molecular formula is C22H17F3N4O2S. The van der Waals surface area contributed by atoms with Gasteiger partial charge < -0.3 is 10.3 Å². The Morgan fingerprint density at radius 1 is 1.12 bits per heavy atom. The second-order valence-corrected chi connectivity index (χ2v) is 7.94. The Morgan fingerprint density at radius 3 is 2.47 bits per heavy atom. The third kappa shape index (κ3) is 4.54. The molecule has 4 rings (SSSR count). The summed E-state index contributed by atoms with van der Waals surface area (Å²) in [6.07, 6.45) is -4.44. The molecule has 2 N–H and O–H groups in total. The van der Waals surface area contributed by atoms with Crippen molar-refractivity contribution in [3.05, 3.63) is 82.3 Å². The summed E-state index contributed by atoms with van der Waals surface area (Å²) in [5.41, 5.74) is 1.40. The highest BCUT2D eigenvalue weighted by atomic mass is 32.2. The number of halogens is 3. The number of aryl methyl sites for hydroxylation is 1. The van der Waals surface area contributed by atoms with E-state index in [9.17, 15) is 22.8 Å². The molecule has 0 aliphatic rings. The number of alkyl halides is 3. The van der Waals surface area contributed by atoms with Crippen LogP contribution in [0.3, 0.4) is 0 Å². The number of thioether (sulfide) groups is 1. The molecule has 2 aromatic carbocycles. The summed E-state index contributed by atoms with van der Waals surface area (Å²) >= 11 is 1.06. The van der Waals surface area contributed by atoms with E-state index in [1.165, 1.54) is 16.7 Å². The number of nitrogens with zero attached hydrogens (tertiary/aromatic N) is 2. The summed E-state index contributed by atoms with van der Waals surface area (Å²) in [4.78, 5) is 33.0. The van der Waals surface area contributed by atoms with E-state index in [2.05, 4.69) is 15.3 Å². The molecule has 4 aromatic rings. The van der Waals surface area contributed by atoms with Crippen LogP contribution in [0, 0.1) is 6.92 Å². The van der Waals surface area contributed by atoms with Gasteiger partial charge in [-0.3, -0.25) is 14.2 Å². The van der Waals surface area contributed by atoms with E-state index in [0.29, 0.717) is 21.9 Å². The summed E-state index contributed by atoms with van der Waals surface area (Å²) < 4.78 is 39.5. The molecule has 0 unspecified atom stereocenters. The quantitative estimate of drug-likeness (QED) is 0.334. The number of fused-ring (bicyclic) bond motifs is 1. The molecule has 0 bridgehead atoms. The molecule has 164 valence electrons. The van der Waals surface area contributed by atoms with Crippen LogP contribution >= 0.6 is 11.8 Å². The number of aromatic nitrogens is 3. The van der Waals surface area contributed by atoms with Gasteiger partial charge in [-0.2, -0.15) is 13.2 Å². The molecule has 0 aliphatic carbocycles. The second-order valence-electron chi connectivity index (χ2n) is 7.00. The van der Waals surface area contributed by atoms with E-state index in [1.807, 2.05) is 13.0 Å². The minimum absolute atomic E-state index is 0.0881. The Kier molecular flexibility index (Phi) is 5.79. The number of anilines is 1. The fourth-order valence-corrected chi connectivity index (χ4v) is 3.96. The zero-order chi connectivity index (χ0) is 22.9. The van der Waals surface area contributed by atoms with Crippen LogP contribution in [0.2, 0.25) is 0 Å². The molecule has 0 atom stereocenters. The van der Waals surface area contributed by atoms with Crippen molar-refractivity contribution < 1.29 is 18.0 Å². The monoisotopic (exact) mass is 458 g/mol. The zero-order valence-corrected chi connectivity index (χ0v) is 17.6. The Hall–Kier alpha value is -3.53. The minimum atomic E-state index is -4.44. The maximum atomic E-state index is 13.1. The first kappa shape index (κ1) is 21.7. The molecule has 6 nitrogen and oxygen atoms in total. The van der Waals surface area contributed by atoms with Gasteiger partial charge in [0.25, 0.3) is 5.56 Å². The Morgan fingerprint density at radius 2 is 1.81 bits per heavy atom. The van der Waals surface area contributed by atoms with Gasteiger partial charge in [-0.15, -0.1) is 0 Å². The van der Waals surface area contributed by atoms with E-state index in [4.69, 9.17) is 0 Å². The third-order valence-electron chi connectivity index (χ3n) is 4.60. The number of carbonyl (C=O) groups excluding carboxylic acids is 1. The van der Waals surface area contributed by atoms with Crippen LogP contribution < -0.4 is 10.9 Å². The van der Waals surface area contributed by atoms with Gasteiger partial charge in [0.1, 0.15) is 5.52 Å². The molecule has 0 spiro atoms. The van der Waals surface area contributed by atoms with Crippen LogP contribution in [0.15, 0.2) is 70.6 Å². The van der Waals surface area contributed by atoms with Crippen LogP contribution in [-0.4, -0.2) is 26.2 Å². The first-order chi connectivity index (χ1) is 15.2. The summed E-state index contributed by atoms with van der Waals surface area (Å²) in [6, 6.07) is 14.9. The van der Waals surface area contributed by atoms with Crippen molar-refractivity contribution in [2.45, 2.75) is 18.3 Å². The van der Waals surface area contributed by atoms with Crippen molar-refractivity contribution in [1.82, 2.24) is 14.5 Å². The van der Waals surface area contributed by atoms with E-state index in [1.54, 1.807) is 30.3 Å². The van der Waals surface area contributed by atoms with Crippen molar-refractivity contribution in [3.63, 3.8) is 0 Å². The Balaban J connectivity index is 1.57. The lowest BCUT2D eigenvalue weighted by atomic mass is 10.2. The van der Waals surface area contributed by atoms with E-state index >= 15 is 0 Å². The fourth-order valence-electron chi connectivity index (χ4n) is 3.15. The van der Waals surface area contributed by atoms with Crippen molar-refractivity contribution >= 4 is 34.4 Å². The molecule has 0 saturated carbocycles. The summed E-state index contributed by atoms with van der Waals surface area (Å²) in [7, 11) is 0. The van der Waals surface area contributed by atoms with Crippen molar-refractivity contribution in [3.8, 4) is 5.69 Å². The maximum Gasteiger partial charge on any atom is 0.416 e. The molecule has 32 heavy (non-hydrogen) atoms. The summed E-state index contributed by atoms with van der Waals surface area (Å²) in [5.74, 6) is -0.524. The predicted molar refractivity (Wildman–Crippen MR) is 117 cm³/mol. The number of benzene rings is 2. The van der Waals surface area contributed by atoms with Crippen molar-refractivity contribution in [2.75, 3.05) is 11.1 Å².